The van der Waals surface area contributed by atoms with Crippen molar-refractivity contribution in [2.24, 2.45) is 0 Å². The molecule has 0 aliphatic carbocycles. The van der Waals surface area contributed by atoms with Crippen molar-refractivity contribution in [2.45, 2.75) is 18.9 Å². The van der Waals surface area contributed by atoms with Crippen LogP contribution in [0, 0.1) is 0 Å². The molecule has 35 heavy (non-hydrogen) atoms. The maximum absolute atomic E-state index is 13.2. The zero-order valence-corrected chi connectivity index (χ0v) is 20.9. The maximum atomic E-state index is 13.2. The molecule has 1 aliphatic heterocycles. The Morgan fingerprint density at radius 2 is 1.57 bits per heavy atom. The van der Waals surface area contributed by atoms with E-state index in [0.29, 0.717) is 31.3 Å². The lowest BCUT2D eigenvalue weighted by molar-refractivity contribution is -0.122. The molecular formula is C28H34N2O5. The fraction of sp³-hybridized carbons (Fsp3) is 0.393. The summed E-state index contributed by atoms with van der Waals surface area (Å²) < 4.78 is 21.8. The van der Waals surface area contributed by atoms with E-state index in [9.17, 15) is 4.79 Å². The van der Waals surface area contributed by atoms with Gasteiger partial charge in [0.05, 0.1) is 46.5 Å². The third-order valence-corrected chi connectivity index (χ3v) is 6.71. The molecule has 4 rings (SSSR count). The number of hydrogen-bond acceptors (Lipinski definition) is 6. The molecule has 0 saturated carbocycles. The van der Waals surface area contributed by atoms with Gasteiger partial charge in [-0.15, -0.1) is 0 Å². The molecule has 1 unspecified atom stereocenters. The van der Waals surface area contributed by atoms with Gasteiger partial charge < -0.3 is 24.3 Å². The van der Waals surface area contributed by atoms with E-state index in [4.69, 9.17) is 18.9 Å². The summed E-state index contributed by atoms with van der Waals surface area (Å²) in [4.78, 5) is 15.5. The van der Waals surface area contributed by atoms with Crippen molar-refractivity contribution in [1.82, 2.24) is 10.2 Å². The predicted octanol–water partition coefficient (Wildman–Crippen LogP) is 4.16. The number of carbonyl (C=O) groups is 1. The van der Waals surface area contributed by atoms with Gasteiger partial charge in [0.15, 0.2) is 11.5 Å². The SMILES string of the molecule is COc1ccc2cc([C@H](C)C(=O)NCC(c3ccc(OC)c(OC)c3)N3CCOCC3)ccc2c1. The Labute approximate surface area is 206 Å². The summed E-state index contributed by atoms with van der Waals surface area (Å²) in [6.07, 6.45) is 0. The van der Waals surface area contributed by atoms with E-state index >= 15 is 0 Å². The first-order chi connectivity index (χ1) is 17.0. The predicted molar refractivity (Wildman–Crippen MR) is 137 cm³/mol. The highest BCUT2D eigenvalue weighted by molar-refractivity contribution is 5.88. The van der Waals surface area contributed by atoms with E-state index in [-0.39, 0.29) is 17.9 Å². The molecule has 1 saturated heterocycles. The van der Waals surface area contributed by atoms with Gasteiger partial charge in [-0.05, 0) is 53.1 Å². The Balaban J connectivity index is 1.50. The van der Waals surface area contributed by atoms with E-state index in [1.54, 1.807) is 21.3 Å². The lowest BCUT2D eigenvalue weighted by Crippen LogP contribution is -2.44. The van der Waals surface area contributed by atoms with Gasteiger partial charge >= 0.3 is 0 Å². The highest BCUT2D eigenvalue weighted by Gasteiger charge is 2.25. The highest BCUT2D eigenvalue weighted by Crippen LogP contribution is 2.32. The van der Waals surface area contributed by atoms with E-state index < -0.39 is 0 Å². The molecule has 1 N–H and O–H groups in total. The van der Waals surface area contributed by atoms with Crippen LogP contribution in [0.2, 0.25) is 0 Å². The molecule has 3 aromatic rings. The highest BCUT2D eigenvalue weighted by atomic mass is 16.5. The molecule has 2 atom stereocenters. The molecule has 1 amide bonds. The summed E-state index contributed by atoms with van der Waals surface area (Å²) in [5.74, 6) is 1.90. The Hall–Kier alpha value is -3.29. The molecule has 1 heterocycles. The van der Waals surface area contributed by atoms with Crippen LogP contribution in [0.4, 0.5) is 0 Å². The third-order valence-electron chi connectivity index (χ3n) is 6.71. The number of benzene rings is 3. The second kappa shape index (κ2) is 11.4. The Bertz CT molecular complexity index is 1160. The second-order valence-electron chi connectivity index (χ2n) is 8.72. The average molecular weight is 479 g/mol. The molecule has 0 radical (unpaired) electrons. The number of ether oxygens (including phenoxy) is 4. The summed E-state index contributed by atoms with van der Waals surface area (Å²) in [6, 6.07) is 18.0. The molecule has 1 fully saturated rings. The van der Waals surface area contributed by atoms with E-state index in [2.05, 4.69) is 16.3 Å². The van der Waals surface area contributed by atoms with Crippen molar-refractivity contribution in [2.75, 3.05) is 54.2 Å². The lowest BCUT2D eigenvalue weighted by Gasteiger charge is -2.35. The lowest BCUT2D eigenvalue weighted by atomic mass is 9.96. The molecule has 0 bridgehead atoms. The van der Waals surface area contributed by atoms with Gasteiger partial charge in [-0.25, -0.2) is 0 Å². The Morgan fingerprint density at radius 1 is 0.886 bits per heavy atom. The van der Waals surface area contributed by atoms with Crippen molar-refractivity contribution < 1.29 is 23.7 Å². The standard InChI is InChI=1S/C28H34N2O5/c1-19(20-5-6-22-16-24(32-2)9-7-21(22)15-20)28(31)29-18-25(30-11-13-35-14-12-30)23-8-10-26(33-3)27(17-23)34-4/h5-10,15-17,19,25H,11-14,18H2,1-4H3,(H,29,31)/t19-,25?/m0/s1. The summed E-state index contributed by atoms with van der Waals surface area (Å²) in [5.41, 5.74) is 2.05. The number of methoxy groups -OCH3 is 3. The number of nitrogens with one attached hydrogen (secondary N) is 1. The van der Waals surface area contributed by atoms with E-state index in [1.165, 1.54) is 0 Å². The molecule has 0 aromatic heterocycles. The van der Waals surface area contributed by atoms with Gasteiger partial charge in [0, 0.05) is 19.6 Å². The number of rotatable bonds is 9. The van der Waals surface area contributed by atoms with Crippen LogP contribution in [0.5, 0.6) is 17.2 Å². The Morgan fingerprint density at radius 3 is 2.29 bits per heavy atom. The third kappa shape index (κ3) is 5.69. The minimum atomic E-state index is -0.280. The molecular weight excluding hydrogens is 444 g/mol. The van der Waals surface area contributed by atoms with Crippen LogP contribution in [-0.4, -0.2) is 65.0 Å². The summed E-state index contributed by atoms with van der Waals surface area (Å²) in [5, 5.41) is 5.36. The van der Waals surface area contributed by atoms with Gasteiger partial charge in [-0.1, -0.05) is 30.3 Å². The van der Waals surface area contributed by atoms with Crippen LogP contribution >= 0.6 is 0 Å². The van der Waals surface area contributed by atoms with Gasteiger partial charge in [-0.2, -0.15) is 0 Å². The van der Waals surface area contributed by atoms with Crippen molar-refractivity contribution in [1.29, 1.82) is 0 Å². The van der Waals surface area contributed by atoms with Crippen LogP contribution in [0.25, 0.3) is 10.8 Å². The number of carbonyl (C=O) groups excluding carboxylic acids is 1. The van der Waals surface area contributed by atoms with Crippen molar-refractivity contribution in [3.63, 3.8) is 0 Å². The van der Waals surface area contributed by atoms with Gasteiger partial charge in [0.1, 0.15) is 5.75 Å². The van der Waals surface area contributed by atoms with Gasteiger partial charge in [-0.3, -0.25) is 9.69 Å². The normalized spacial score (nSPS) is 15.9. The topological polar surface area (TPSA) is 69.3 Å². The van der Waals surface area contributed by atoms with Gasteiger partial charge in [0.2, 0.25) is 5.91 Å². The zero-order chi connectivity index (χ0) is 24.8. The molecule has 3 aromatic carbocycles. The minimum Gasteiger partial charge on any atom is -0.497 e. The first-order valence-corrected chi connectivity index (χ1v) is 11.9. The van der Waals surface area contributed by atoms with Crippen LogP contribution in [0.3, 0.4) is 0 Å². The van der Waals surface area contributed by atoms with Gasteiger partial charge in [0.25, 0.3) is 0 Å². The molecule has 0 spiro atoms. The fourth-order valence-electron chi connectivity index (χ4n) is 4.55. The largest absolute Gasteiger partial charge is 0.497 e. The van der Waals surface area contributed by atoms with Crippen molar-refractivity contribution in [3.05, 3.63) is 65.7 Å². The summed E-state index contributed by atoms with van der Waals surface area (Å²) in [6.45, 7) is 5.40. The minimum absolute atomic E-state index is 0.000996. The number of morpholine rings is 1. The van der Waals surface area contributed by atoms with E-state index in [0.717, 1.165) is 40.7 Å². The monoisotopic (exact) mass is 478 g/mol. The molecule has 7 nitrogen and oxygen atoms in total. The molecule has 7 heteroatoms. The zero-order valence-electron chi connectivity index (χ0n) is 20.9. The molecule has 1 aliphatic rings. The number of amides is 1. The first kappa shape index (κ1) is 24.8. The smallest absolute Gasteiger partial charge is 0.227 e. The van der Waals surface area contributed by atoms with Crippen LogP contribution in [0.1, 0.15) is 30.0 Å². The van der Waals surface area contributed by atoms with Crippen LogP contribution in [-0.2, 0) is 9.53 Å². The summed E-state index contributed by atoms with van der Waals surface area (Å²) >= 11 is 0. The first-order valence-electron chi connectivity index (χ1n) is 11.9. The number of hydrogen-bond donors (Lipinski definition) is 1. The maximum Gasteiger partial charge on any atom is 0.227 e. The quantitative estimate of drug-likeness (QED) is 0.498. The average Bonchev–Trinajstić information content (AvgIpc) is 2.92. The van der Waals surface area contributed by atoms with Crippen LogP contribution < -0.4 is 19.5 Å². The molecule has 186 valence electrons. The Kier molecular flexibility index (Phi) is 8.10. The fourth-order valence-corrected chi connectivity index (χ4v) is 4.55. The summed E-state index contributed by atoms with van der Waals surface area (Å²) in [7, 11) is 4.92. The van der Waals surface area contributed by atoms with Crippen molar-refractivity contribution >= 4 is 16.7 Å². The van der Waals surface area contributed by atoms with Crippen LogP contribution in [0.15, 0.2) is 54.6 Å². The van der Waals surface area contributed by atoms with E-state index in [1.807, 2.05) is 55.5 Å². The number of nitrogens with zero attached hydrogens (tertiary/aromatic N) is 1. The second-order valence-corrected chi connectivity index (χ2v) is 8.72. The number of fused-ring (bicyclic) bond motifs is 1. The van der Waals surface area contributed by atoms with Crippen molar-refractivity contribution in [3.8, 4) is 17.2 Å².